The molecule has 5 heteroatoms. The lowest BCUT2D eigenvalue weighted by atomic mass is 9.72. The molecule has 20 heavy (non-hydrogen) atoms. The van der Waals surface area contributed by atoms with Gasteiger partial charge in [-0.2, -0.15) is 4.98 Å². The number of nitrogens with zero attached hydrogens (tertiary/aromatic N) is 3. The summed E-state index contributed by atoms with van der Waals surface area (Å²) in [5.74, 6) is 1.52. The van der Waals surface area contributed by atoms with Crippen molar-refractivity contribution >= 4 is 11.8 Å². The van der Waals surface area contributed by atoms with Crippen molar-refractivity contribution in [2.75, 3.05) is 36.8 Å². The molecule has 1 aromatic rings. The predicted octanol–water partition coefficient (Wildman–Crippen LogP) is 1.47. The number of nitrogens with two attached hydrogens (primary N) is 1. The zero-order valence-electron chi connectivity index (χ0n) is 12.6. The number of aromatic nitrogens is 2. The van der Waals surface area contributed by atoms with Crippen LogP contribution in [0.25, 0.3) is 0 Å². The van der Waals surface area contributed by atoms with Crippen LogP contribution in [0.5, 0.6) is 0 Å². The average Bonchev–Trinajstić information content (AvgIpc) is 2.48. The molecule has 0 bridgehead atoms. The maximum absolute atomic E-state index is 6.00. The highest BCUT2D eigenvalue weighted by Crippen LogP contribution is 2.41. The second-order valence-electron chi connectivity index (χ2n) is 6.24. The van der Waals surface area contributed by atoms with Gasteiger partial charge in [-0.05, 0) is 25.7 Å². The van der Waals surface area contributed by atoms with Gasteiger partial charge in [0.2, 0.25) is 5.95 Å². The Morgan fingerprint density at radius 1 is 1.30 bits per heavy atom. The van der Waals surface area contributed by atoms with E-state index < -0.39 is 0 Å². The zero-order valence-corrected chi connectivity index (χ0v) is 12.6. The van der Waals surface area contributed by atoms with E-state index in [2.05, 4.69) is 34.0 Å². The third-order valence-corrected chi connectivity index (χ3v) is 4.93. The van der Waals surface area contributed by atoms with E-state index in [4.69, 9.17) is 5.73 Å². The second kappa shape index (κ2) is 5.20. The number of hydrogen-bond donors (Lipinski definition) is 2. The fourth-order valence-electron chi connectivity index (χ4n) is 3.47. The van der Waals surface area contributed by atoms with Crippen LogP contribution >= 0.6 is 0 Å². The highest BCUT2D eigenvalue weighted by atomic mass is 15.2. The lowest BCUT2D eigenvalue weighted by Gasteiger charge is -2.37. The Labute approximate surface area is 121 Å². The zero-order chi connectivity index (χ0) is 14.2. The molecule has 1 fully saturated rings. The molecular weight excluding hydrogens is 250 g/mol. The van der Waals surface area contributed by atoms with E-state index in [-0.39, 0.29) is 5.41 Å². The first-order chi connectivity index (χ1) is 9.64. The van der Waals surface area contributed by atoms with Crippen molar-refractivity contribution in [3.8, 4) is 0 Å². The van der Waals surface area contributed by atoms with Gasteiger partial charge < -0.3 is 16.0 Å². The predicted molar refractivity (Wildman–Crippen MR) is 82.1 cm³/mol. The topological polar surface area (TPSA) is 67.1 Å². The van der Waals surface area contributed by atoms with Gasteiger partial charge in [0.05, 0.1) is 5.69 Å². The molecule has 0 amide bonds. The third kappa shape index (κ3) is 2.24. The molecule has 0 saturated carbocycles. The molecule has 1 aliphatic carbocycles. The maximum atomic E-state index is 6.00. The second-order valence-corrected chi connectivity index (χ2v) is 6.24. The van der Waals surface area contributed by atoms with Crippen molar-refractivity contribution in [3.05, 3.63) is 11.3 Å². The standard InChI is InChI=1S/C15H25N5/c1-3-15(2)6-4-5-11-12(15)18-14(16)19-13(11)20-9-7-17-8-10-20/h17H,3-10H2,1-2H3,(H2,16,18,19). The van der Waals surface area contributed by atoms with Crippen molar-refractivity contribution in [1.82, 2.24) is 15.3 Å². The fraction of sp³-hybridized carbons (Fsp3) is 0.733. The molecule has 0 radical (unpaired) electrons. The largest absolute Gasteiger partial charge is 0.368 e. The van der Waals surface area contributed by atoms with E-state index in [1.807, 2.05) is 0 Å². The molecule has 5 nitrogen and oxygen atoms in total. The van der Waals surface area contributed by atoms with E-state index in [0.29, 0.717) is 5.95 Å². The number of nitrogens with one attached hydrogen (secondary N) is 1. The quantitative estimate of drug-likeness (QED) is 0.855. The molecule has 1 atom stereocenters. The summed E-state index contributed by atoms with van der Waals surface area (Å²) in [5, 5.41) is 3.39. The van der Waals surface area contributed by atoms with E-state index in [1.165, 1.54) is 24.1 Å². The van der Waals surface area contributed by atoms with E-state index in [1.54, 1.807) is 0 Å². The number of hydrogen-bond acceptors (Lipinski definition) is 5. The summed E-state index contributed by atoms with van der Waals surface area (Å²) < 4.78 is 0. The number of anilines is 2. The molecule has 2 aliphatic rings. The van der Waals surface area contributed by atoms with E-state index >= 15 is 0 Å². The molecule has 110 valence electrons. The minimum Gasteiger partial charge on any atom is -0.368 e. The molecule has 3 rings (SSSR count). The van der Waals surface area contributed by atoms with Crippen LogP contribution in [0, 0.1) is 0 Å². The molecule has 1 aromatic heterocycles. The summed E-state index contributed by atoms with van der Waals surface area (Å²) in [7, 11) is 0. The van der Waals surface area contributed by atoms with E-state index in [9.17, 15) is 0 Å². The molecule has 0 aromatic carbocycles. The molecule has 2 heterocycles. The molecule has 3 N–H and O–H groups in total. The van der Waals surface area contributed by atoms with Crippen molar-refractivity contribution in [1.29, 1.82) is 0 Å². The fourth-order valence-corrected chi connectivity index (χ4v) is 3.47. The number of nitrogen functional groups attached to an aromatic ring is 1. The number of rotatable bonds is 2. The Bertz CT molecular complexity index is 495. The minimum absolute atomic E-state index is 0.160. The summed E-state index contributed by atoms with van der Waals surface area (Å²) >= 11 is 0. The maximum Gasteiger partial charge on any atom is 0.222 e. The summed E-state index contributed by atoms with van der Waals surface area (Å²) in [6, 6.07) is 0. The van der Waals surface area contributed by atoms with Crippen LogP contribution < -0.4 is 16.0 Å². The molecule has 1 unspecified atom stereocenters. The Morgan fingerprint density at radius 2 is 2.05 bits per heavy atom. The highest BCUT2D eigenvalue weighted by Gasteiger charge is 2.35. The van der Waals surface area contributed by atoms with Crippen LogP contribution in [0.1, 0.15) is 44.4 Å². The normalized spacial score (nSPS) is 26.4. The molecule has 0 spiro atoms. The van der Waals surface area contributed by atoms with Gasteiger partial charge >= 0.3 is 0 Å². The average molecular weight is 275 g/mol. The van der Waals surface area contributed by atoms with Crippen molar-refractivity contribution in [3.63, 3.8) is 0 Å². The SMILES string of the molecule is CCC1(C)CCCc2c(N3CCNCC3)nc(N)nc21. The molecule has 1 aliphatic heterocycles. The summed E-state index contributed by atoms with van der Waals surface area (Å²) in [5.41, 5.74) is 8.71. The van der Waals surface area contributed by atoms with Crippen molar-refractivity contribution in [2.24, 2.45) is 0 Å². The Balaban J connectivity index is 2.07. The van der Waals surface area contributed by atoms with Crippen LogP contribution in [0.4, 0.5) is 11.8 Å². The molecular formula is C15H25N5. The first-order valence-corrected chi connectivity index (χ1v) is 7.76. The van der Waals surface area contributed by atoms with Crippen LogP contribution in [-0.4, -0.2) is 36.1 Å². The van der Waals surface area contributed by atoms with Crippen LogP contribution in [-0.2, 0) is 11.8 Å². The van der Waals surface area contributed by atoms with Gasteiger partial charge in [0.15, 0.2) is 0 Å². The van der Waals surface area contributed by atoms with Gasteiger partial charge in [-0.15, -0.1) is 0 Å². The minimum atomic E-state index is 0.160. The van der Waals surface area contributed by atoms with Crippen molar-refractivity contribution in [2.45, 2.75) is 44.9 Å². The lowest BCUT2D eigenvalue weighted by molar-refractivity contribution is 0.368. The van der Waals surface area contributed by atoms with Crippen LogP contribution in [0.3, 0.4) is 0 Å². The van der Waals surface area contributed by atoms with Gasteiger partial charge in [-0.25, -0.2) is 4.98 Å². The highest BCUT2D eigenvalue weighted by molar-refractivity contribution is 5.55. The summed E-state index contributed by atoms with van der Waals surface area (Å²) in [6.07, 6.45) is 4.62. The first kappa shape index (κ1) is 13.6. The van der Waals surface area contributed by atoms with Gasteiger partial charge in [0.1, 0.15) is 5.82 Å². The molecule has 1 saturated heterocycles. The van der Waals surface area contributed by atoms with Crippen molar-refractivity contribution < 1.29 is 0 Å². The van der Waals surface area contributed by atoms with Gasteiger partial charge in [-0.1, -0.05) is 13.8 Å². The van der Waals surface area contributed by atoms with Gasteiger partial charge in [0.25, 0.3) is 0 Å². The summed E-state index contributed by atoms with van der Waals surface area (Å²) in [6.45, 7) is 8.61. The first-order valence-electron chi connectivity index (χ1n) is 7.76. The Morgan fingerprint density at radius 3 is 2.75 bits per heavy atom. The number of fused-ring (bicyclic) bond motifs is 1. The third-order valence-electron chi connectivity index (χ3n) is 4.93. The van der Waals surface area contributed by atoms with Gasteiger partial charge in [0, 0.05) is 37.2 Å². The summed E-state index contributed by atoms with van der Waals surface area (Å²) in [4.78, 5) is 11.6. The number of piperazine rings is 1. The van der Waals surface area contributed by atoms with Gasteiger partial charge in [-0.3, -0.25) is 0 Å². The Hall–Kier alpha value is -1.36. The Kier molecular flexibility index (Phi) is 3.54. The smallest absolute Gasteiger partial charge is 0.222 e. The monoisotopic (exact) mass is 275 g/mol. The van der Waals surface area contributed by atoms with Crippen LogP contribution in [0.15, 0.2) is 0 Å². The van der Waals surface area contributed by atoms with E-state index in [0.717, 1.165) is 44.8 Å². The lowest BCUT2D eigenvalue weighted by Crippen LogP contribution is -2.45. The van der Waals surface area contributed by atoms with Crippen LogP contribution in [0.2, 0.25) is 0 Å².